The number of benzene rings is 2. The first-order valence-corrected chi connectivity index (χ1v) is 15.3. The Bertz CT molecular complexity index is 1390. The standard InChI is InChI=1S/C34H43N3O8/c1-4-7-9-14-28(29(5-2)37(23-38)44-21-24-12-10-8-11-13-24)33(41)35-22-36-34(42)31-16-15-30(45-31)26-17-25(19-32(39)40)18-27(20-26)43-6-3/h8,10-13,15-18,20,23,28-29H,4-7,9,14,19,21-22H2,1-3H3,(H,35,41)(H,36,42)(H,39,40). The van der Waals surface area contributed by atoms with Crippen molar-refractivity contribution in [2.24, 2.45) is 5.92 Å². The molecular weight excluding hydrogens is 578 g/mol. The summed E-state index contributed by atoms with van der Waals surface area (Å²) in [5.41, 5.74) is 2.00. The molecule has 0 saturated heterocycles. The van der Waals surface area contributed by atoms with E-state index in [1.807, 2.05) is 44.2 Å². The number of carboxylic acids is 1. The van der Waals surface area contributed by atoms with E-state index in [0.29, 0.717) is 48.5 Å². The van der Waals surface area contributed by atoms with Crippen molar-refractivity contribution in [2.45, 2.75) is 71.9 Å². The summed E-state index contributed by atoms with van der Waals surface area (Å²) in [6.07, 6.45) is 4.19. The van der Waals surface area contributed by atoms with Crippen LogP contribution >= 0.6 is 0 Å². The highest BCUT2D eigenvalue weighted by Crippen LogP contribution is 2.28. The molecule has 2 aromatic carbocycles. The molecule has 1 heterocycles. The number of furan rings is 1. The lowest BCUT2D eigenvalue weighted by atomic mass is 9.90. The summed E-state index contributed by atoms with van der Waals surface area (Å²) in [7, 11) is 0. The Morgan fingerprint density at radius 2 is 1.76 bits per heavy atom. The molecule has 3 N–H and O–H groups in total. The molecule has 0 spiro atoms. The molecule has 11 heteroatoms. The molecule has 0 aliphatic heterocycles. The fourth-order valence-electron chi connectivity index (χ4n) is 5.06. The summed E-state index contributed by atoms with van der Waals surface area (Å²) in [5, 5.41) is 15.9. The van der Waals surface area contributed by atoms with Gasteiger partial charge in [0.05, 0.1) is 31.7 Å². The summed E-state index contributed by atoms with van der Waals surface area (Å²) in [6, 6.07) is 17.1. The van der Waals surface area contributed by atoms with Crippen molar-refractivity contribution in [3.63, 3.8) is 0 Å². The number of hydrogen-bond donors (Lipinski definition) is 3. The lowest BCUT2D eigenvalue weighted by Crippen LogP contribution is -2.48. The molecule has 0 saturated carbocycles. The zero-order chi connectivity index (χ0) is 32.6. The first kappa shape index (κ1) is 34.8. The van der Waals surface area contributed by atoms with Crippen molar-refractivity contribution in [3.8, 4) is 17.1 Å². The van der Waals surface area contributed by atoms with Gasteiger partial charge in [-0.1, -0.05) is 63.4 Å². The number of carbonyl (C=O) groups excluding carboxylic acids is 3. The van der Waals surface area contributed by atoms with Crippen molar-refractivity contribution in [1.82, 2.24) is 15.7 Å². The van der Waals surface area contributed by atoms with Crippen LogP contribution in [0.25, 0.3) is 11.3 Å². The van der Waals surface area contributed by atoms with Crippen molar-refractivity contribution in [2.75, 3.05) is 13.3 Å². The summed E-state index contributed by atoms with van der Waals surface area (Å²) in [4.78, 5) is 55.4. The molecule has 0 radical (unpaired) electrons. The van der Waals surface area contributed by atoms with Gasteiger partial charge in [0.1, 0.15) is 18.1 Å². The fraction of sp³-hybridized carbons (Fsp3) is 0.412. The summed E-state index contributed by atoms with van der Waals surface area (Å²) < 4.78 is 11.3. The lowest BCUT2D eigenvalue weighted by molar-refractivity contribution is -0.200. The van der Waals surface area contributed by atoms with Gasteiger partial charge in [-0.25, -0.2) is 5.06 Å². The molecule has 2 unspecified atom stereocenters. The molecule has 242 valence electrons. The van der Waals surface area contributed by atoms with Gasteiger partial charge in [-0.2, -0.15) is 0 Å². The Balaban J connectivity index is 1.65. The zero-order valence-corrected chi connectivity index (χ0v) is 26.1. The number of rotatable bonds is 20. The quantitative estimate of drug-likeness (QED) is 0.0663. The van der Waals surface area contributed by atoms with Crippen LogP contribution in [-0.4, -0.2) is 53.7 Å². The third-order valence-corrected chi connectivity index (χ3v) is 7.25. The Morgan fingerprint density at radius 1 is 0.978 bits per heavy atom. The highest BCUT2D eigenvalue weighted by Gasteiger charge is 2.32. The number of nitrogens with one attached hydrogen (secondary N) is 2. The van der Waals surface area contributed by atoms with E-state index in [2.05, 4.69) is 17.6 Å². The van der Waals surface area contributed by atoms with E-state index >= 15 is 0 Å². The Hall–Kier alpha value is -4.64. The van der Waals surface area contributed by atoms with Crippen LogP contribution in [0.15, 0.2) is 65.1 Å². The van der Waals surface area contributed by atoms with Gasteiger partial charge >= 0.3 is 5.97 Å². The van der Waals surface area contributed by atoms with Crippen LogP contribution in [-0.2, 0) is 32.2 Å². The van der Waals surface area contributed by atoms with Crippen LogP contribution in [0.4, 0.5) is 0 Å². The van der Waals surface area contributed by atoms with E-state index in [4.69, 9.17) is 14.0 Å². The smallest absolute Gasteiger partial charge is 0.307 e. The van der Waals surface area contributed by atoms with Gasteiger partial charge in [0.25, 0.3) is 5.91 Å². The van der Waals surface area contributed by atoms with Gasteiger partial charge in [0.15, 0.2) is 5.76 Å². The largest absolute Gasteiger partial charge is 0.494 e. The number of aliphatic carboxylic acids is 1. The maximum absolute atomic E-state index is 13.4. The first-order chi connectivity index (χ1) is 21.8. The van der Waals surface area contributed by atoms with E-state index in [0.717, 1.165) is 24.8 Å². The minimum Gasteiger partial charge on any atom is -0.494 e. The maximum Gasteiger partial charge on any atom is 0.307 e. The highest BCUT2D eigenvalue weighted by molar-refractivity contribution is 5.92. The summed E-state index contributed by atoms with van der Waals surface area (Å²) in [6.45, 7) is 6.25. The fourth-order valence-corrected chi connectivity index (χ4v) is 5.06. The minimum atomic E-state index is -0.979. The monoisotopic (exact) mass is 621 g/mol. The van der Waals surface area contributed by atoms with Gasteiger partial charge in [0.2, 0.25) is 12.3 Å². The van der Waals surface area contributed by atoms with E-state index in [1.54, 1.807) is 24.3 Å². The molecule has 2 atom stereocenters. The Morgan fingerprint density at radius 3 is 2.42 bits per heavy atom. The second-order valence-electron chi connectivity index (χ2n) is 10.6. The third kappa shape index (κ3) is 10.8. The molecule has 0 aliphatic carbocycles. The third-order valence-electron chi connectivity index (χ3n) is 7.25. The van der Waals surface area contributed by atoms with Crippen molar-refractivity contribution >= 4 is 24.2 Å². The van der Waals surface area contributed by atoms with Crippen LogP contribution in [0.3, 0.4) is 0 Å². The van der Waals surface area contributed by atoms with E-state index < -0.39 is 23.8 Å². The Labute approximate surface area is 263 Å². The number of carbonyl (C=O) groups is 4. The van der Waals surface area contributed by atoms with E-state index in [9.17, 15) is 24.3 Å². The SMILES string of the molecule is CCCCCC(C(=O)NCNC(=O)c1ccc(-c2cc(CC(=O)O)cc(OCC)c2)o1)C(CC)N(C=O)OCc1ccccc1. The zero-order valence-electron chi connectivity index (χ0n) is 26.1. The molecule has 1 aromatic heterocycles. The van der Waals surface area contributed by atoms with Crippen molar-refractivity contribution in [1.29, 1.82) is 0 Å². The van der Waals surface area contributed by atoms with Crippen LogP contribution in [0.1, 0.15) is 74.6 Å². The van der Waals surface area contributed by atoms with Crippen LogP contribution in [0, 0.1) is 5.92 Å². The average Bonchev–Trinajstić information content (AvgIpc) is 3.53. The van der Waals surface area contributed by atoms with E-state index in [1.165, 1.54) is 11.1 Å². The van der Waals surface area contributed by atoms with Crippen LogP contribution in [0.2, 0.25) is 0 Å². The number of carboxylic acid groups (broad SMARTS) is 1. The normalized spacial score (nSPS) is 12.2. The maximum atomic E-state index is 13.4. The molecule has 0 aliphatic rings. The summed E-state index contributed by atoms with van der Waals surface area (Å²) >= 11 is 0. The van der Waals surface area contributed by atoms with Crippen molar-refractivity contribution < 1.29 is 38.3 Å². The molecule has 3 rings (SSSR count). The second-order valence-corrected chi connectivity index (χ2v) is 10.6. The second kappa shape index (κ2) is 18.2. The van der Waals surface area contributed by atoms with Gasteiger partial charge in [-0.3, -0.25) is 24.0 Å². The molecule has 3 amide bonds. The number of unbranched alkanes of at least 4 members (excludes halogenated alkanes) is 2. The molecular formula is C34H43N3O8. The summed E-state index contributed by atoms with van der Waals surface area (Å²) in [5.74, 6) is -1.48. The predicted octanol–water partition coefficient (Wildman–Crippen LogP) is 5.34. The number of amides is 3. The highest BCUT2D eigenvalue weighted by atomic mass is 16.7. The van der Waals surface area contributed by atoms with Gasteiger partial charge in [0, 0.05) is 5.56 Å². The van der Waals surface area contributed by atoms with Gasteiger partial charge in [-0.15, -0.1) is 0 Å². The number of ether oxygens (including phenoxy) is 1. The predicted molar refractivity (Wildman–Crippen MR) is 168 cm³/mol. The molecule has 0 bridgehead atoms. The van der Waals surface area contributed by atoms with Crippen molar-refractivity contribution in [3.05, 3.63) is 77.6 Å². The topological polar surface area (TPSA) is 147 Å². The minimum absolute atomic E-state index is 0.0215. The molecule has 0 fully saturated rings. The molecule has 11 nitrogen and oxygen atoms in total. The Kier molecular flexibility index (Phi) is 14.1. The average molecular weight is 622 g/mol. The number of hydroxylamine groups is 2. The van der Waals surface area contributed by atoms with Gasteiger partial charge in [-0.05, 0) is 61.2 Å². The van der Waals surface area contributed by atoms with Crippen LogP contribution in [0.5, 0.6) is 5.75 Å². The van der Waals surface area contributed by atoms with Gasteiger partial charge < -0.3 is 24.9 Å². The molecule has 45 heavy (non-hydrogen) atoms. The first-order valence-electron chi connectivity index (χ1n) is 15.3. The van der Waals surface area contributed by atoms with Crippen LogP contribution < -0.4 is 15.4 Å². The van der Waals surface area contributed by atoms with E-state index in [-0.39, 0.29) is 31.4 Å². The number of nitrogens with zero attached hydrogens (tertiary/aromatic N) is 1. The lowest BCUT2D eigenvalue weighted by Gasteiger charge is -2.32. The molecule has 3 aromatic rings. The number of hydrogen-bond acceptors (Lipinski definition) is 7.